The van der Waals surface area contributed by atoms with E-state index in [0.29, 0.717) is 24.3 Å². The lowest BCUT2D eigenvalue weighted by atomic mass is 10.0. The van der Waals surface area contributed by atoms with E-state index in [-0.39, 0.29) is 30.4 Å². The lowest BCUT2D eigenvalue weighted by molar-refractivity contribution is -0.0440. The molecule has 2 aromatic rings. The first-order valence-electron chi connectivity index (χ1n) is 8.98. The molecule has 0 spiro atoms. The third kappa shape index (κ3) is 3.64. The lowest BCUT2D eigenvalue weighted by Gasteiger charge is -2.37. The average Bonchev–Trinajstić information content (AvgIpc) is 3.05. The van der Waals surface area contributed by atoms with Crippen LogP contribution in [0.3, 0.4) is 0 Å². The molecule has 1 aromatic heterocycles. The van der Waals surface area contributed by atoms with E-state index in [1.165, 1.54) is 23.2 Å². The molecule has 0 saturated carbocycles. The Morgan fingerprint density at radius 3 is 2.93 bits per heavy atom. The maximum Gasteiger partial charge on any atom is 0.266 e. The Labute approximate surface area is 164 Å². The fourth-order valence-electron chi connectivity index (χ4n) is 3.53. The van der Waals surface area contributed by atoms with Gasteiger partial charge in [0.15, 0.2) is 11.6 Å². The minimum absolute atomic E-state index is 0.0903. The number of halogens is 2. The summed E-state index contributed by atoms with van der Waals surface area (Å²) in [5.41, 5.74) is 2.98. The molecule has 0 bridgehead atoms. The normalized spacial score (nSPS) is 21.1. The number of fused-ring (bicyclic) bond motifs is 1. The standard InChI is InChI=1S/C19H18F2N4O4/c20-11-1-2-16(13(21)6-11)29-17-3-4-28-9-15(17)25-8-14-12(19(25)27)5-10(7-23-14)18(26)24-22/h1-2,5-7,15,17H,3-4,8-9,22H2,(H,24,26). The Bertz CT molecular complexity index is 971. The summed E-state index contributed by atoms with van der Waals surface area (Å²) in [6, 6.07) is 4.01. The monoisotopic (exact) mass is 404 g/mol. The molecule has 2 amide bonds. The number of nitrogens with zero attached hydrogens (tertiary/aromatic N) is 2. The second kappa shape index (κ2) is 7.72. The number of hydrogen-bond acceptors (Lipinski definition) is 6. The summed E-state index contributed by atoms with van der Waals surface area (Å²) < 4.78 is 38.5. The van der Waals surface area contributed by atoms with Crippen LogP contribution in [0.15, 0.2) is 30.5 Å². The number of hydrogen-bond donors (Lipinski definition) is 2. The zero-order valence-corrected chi connectivity index (χ0v) is 15.2. The summed E-state index contributed by atoms with van der Waals surface area (Å²) in [6.07, 6.45) is 1.22. The van der Waals surface area contributed by atoms with Crippen LogP contribution >= 0.6 is 0 Å². The van der Waals surface area contributed by atoms with Crippen LogP contribution in [0.4, 0.5) is 8.78 Å². The Morgan fingerprint density at radius 1 is 1.34 bits per heavy atom. The number of rotatable bonds is 4. The minimum Gasteiger partial charge on any atom is -0.485 e. The van der Waals surface area contributed by atoms with E-state index in [4.69, 9.17) is 15.3 Å². The molecule has 3 N–H and O–H groups in total. The molecule has 10 heteroatoms. The predicted octanol–water partition coefficient (Wildman–Crippen LogP) is 1.16. The van der Waals surface area contributed by atoms with Gasteiger partial charge >= 0.3 is 0 Å². The quantitative estimate of drug-likeness (QED) is 0.450. The molecule has 3 heterocycles. The number of pyridine rings is 1. The molecule has 0 radical (unpaired) electrons. The second-order valence-electron chi connectivity index (χ2n) is 6.79. The van der Waals surface area contributed by atoms with Crippen molar-refractivity contribution in [1.29, 1.82) is 0 Å². The van der Waals surface area contributed by atoms with Crippen molar-refractivity contribution >= 4 is 11.8 Å². The molecule has 29 heavy (non-hydrogen) atoms. The highest BCUT2D eigenvalue weighted by Crippen LogP contribution is 2.30. The maximum atomic E-state index is 14.0. The van der Waals surface area contributed by atoms with E-state index in [1.807, 2.05) is 5.43 Å². The zero-order chi connectivity index (χ0) is 20.5. The molecule has 0 aliphatic carbocycles. The molecule has 1 saturated heterocycles. The van der Waals surface area contributed by atoms with Crippen molar-refractivity contribution in [3.05, 3.63) is 58.9 Å². The number of amides is 2. The van der Waals surface area contributed by atoms with Gasteiger partial charge in [-0.1, -0.05) is 0 Å². The van der Waals surface area contributed by atoms with E-state index in [1.54, 1.807) is 0 Å². The Hall–Kier alpha value is -3.11. The van der Waals surface area contributed by atoms with E-state index >= 15 is 0 Å². The number of aromatic nitrogens is 1. The van der Waals surface area contributed by atoms with Crippen LogP contribution < -0.4 is 16.0 Å². The molecular formula is C19H18F2N4O4. The van der Waals surface area contributed by atoms with Gasteiger partial charge < -0.3 is 14.4 Å². The summed E-state index contributed by atoms with van der Waals surface area (Å²) in [5, 5.41) is 0. The van der Waals surface area contributed by atoms with Gasteiger partial charge in [0, 0.05) is 18.7 Å². The number of carbonyl (C=O) groups is 2. The number of nitrogens with two attached hydrogens (primary N) is 1. The number of benzene rings is 1. The second-order valence-corrected chi connectivity index (χ2v) is 6.79. The van der Waals surface area contributed by atoms with Crippen molar-refractivity contribution < 1.29 is 27.8 Å². The molecule has 2 aliphatic heterocycles. The van der Waals surface area contributed by atoms with E-state index in [0.717, 1.165) is 12.1 Å². The first-order chi connectivity index (χ1) is 14.0. The van der Waals surface area contributed by atoms with Crippen molar-refractivity contribution in [2.24, 2.45) is 5.84 Å². The highest BCUT2D eigenvalue weighted by molar-refractivity contribution is 6.01. The summed E-state index contributed by atoms with van der Waals surface area (Å²) >= 11 is 0. The van der Waals surface area contributed by atoms with Gasteiger partial charge in [0.2, 0.25) is 0 Å². The fourth-order valence-corrected chi connectivity index (χ4v) is 3.53. The number of hydrazine groups is 1. The van der Waals surface area contributed by atoms with Crippen LogP contribution in [0.1, 0.15) is 32.8 Å². The van der Waals surface area contributed by atoms with Crippen molar-refractivity contribution in [3.8, 4) is 5.75 Å². The molecule has 1 aromatic carbocycles. The van der Waals surface area contributed by atoms with Gasteiger partial charge in [-0.15, -0.1) is 0 Å². The molecule has 2 unspecified atom stereocenters. The maximum absolute atomic E-state index is 14.0. The molecule has 152 valence electrons. The van der Waals surface area contributed by atoms with Crippen molar-refractivity contribution in [3.63, 3.8) is 0 Å². The molecular weight excluding hydrogens is 386 g/mol. The van der Waals surface area contributed by atoms with E-state index in [9.17, 15) is 18.4 Å². The van der Waals surface area contributed by atoms with Gasteiger partial charge in [0.25, 0.3) is 11.8 Å². The van der Waals surface area contributed by atoms with Gasteiger partial charge in [-0.2, -0.15) is 0 Å². The van der Waals surface area contributed by atoms with E-state index in [2.05, 4.69) is 4.98 Å². The van der Waals surface area contributed by atoms with Crippen LogP contribution in [0, 0.1) is 11.6 Å². The van der Waals surface area contributed by atoms with E-state index < -0.39 is 29.7 Å². The average molecular weight is 404 g/mol. The Balaban J connectivity index is 1.57. The van der Waals surface area contributed by atoms with Crippen LogP contribution in [-0.2, 0) is 11.3 Å². The smallest absolute Gasteiger partial charge is 0.266 e. The molecule has 1 fully saturated rings. The third-order valence-electron chi connectivity index (χ3n) is 5.01. The van der Waals surface area contributed by atoms with Crippen LogP contribution in [-0.4, -0.2) is 47.1 Å². The van der Waals surface area contributed by atoms with Crippen molar-refractivity contribution in [1.82, 2.24) is 15.3 Å². The first kappa shape index (κ1) is 19.2. The number of nitrogens with one attached hydrogen (secondary N) is 1. The number of ether oxygens (including phenoxy) is 2. The van der Waals surface area contributed by atoms with Gasteiger partial charge in [-0.05, 0) is 18.2 Å². The summed E-state index contributed by atoms with van der Waals surface area (Å²) in [4.78, 5) is 30.4. The van der Waals surface area contributed by atoms with Gasteiger partial charge in [0.1, 0.15) is 11.9 Å². The number of carbonyl (C=O) groups excluding carboxylic acids is 2. The van der Waals surface area contributed by atoms with Crippen LogP contribution in [0.2, 0.25) is 0 Å². The SMILES string of the molecule is NNC(=O)c1cnc2c(c1)C(=O)N(C1COCCC1Oc1ccc(F)cc1F)C2. The van der Waals surface area contributed by atoms with Gasteiger partial charge in [-0.3, -0.25) is 20.0 Å². The Kier molecular flexibility index (Phi) is 5.12. The zero-order valence-electron chi connectivity index (χ0n) is 15.2. The Morgan fingerprint density at radius 2 is 2.17 bits per heavy atom. The van der Waals surface area contributed by atoms with Crippen LogP contribution in [0.25, 0.3) is 0 Å². The predicted molar refractivity (Wildman–Crippen MR) is 95.8 cm³/mol. The van der Waals surface area contributed by atoms with Gasteiger partial charge in [-0.25, -0.2) is 14.6 Å². The number of nitrogen functional groups attached to an aromatic ring is 1. The van der Waals surface area contributed by atoms with Crippen molar-refractivity contribution in [2.45, 2.75) is 25.1 Å². The molecule has 8 nitrogen and oxygen atoms in total. The van der Waals surface area contributed by atoms with Crippen molar-refractivity contribution in [2.75, 3.05) is 13.2 Å². The third-order valence-corrected chi connectivity index (χ3v) is 5.01. The fraction of sp³-hybridized carbons (Fsp3) is 0.316. The topological polar surface area (TPSA) is 107 Å². The molecule has 4 rings (SSSR count). The molecule has 2 aliphatic rings. The lowest BCUT2D eigenvalue weighted by Crippen LogP contribution is -2.52. The summed E-state index contributed by atoms with van der Waals surface area (Å²) in [7, 11) is 0. The minimum atomic E-state index is -0.814. The summed E-state index contributed by atoms with van der Waals surface area (Å²) in [5.74, 6) is 2.64. The largest absolute Gasteiger partial charge is 0.485 e. The highest BCUT2D eigenvalue weighted by Gasteiger charge is 2.40. The van der Waals surface area contributed by atoms with Crippen LogP contribution in [0.5, 0.6) is 5.75 Å². The van der Waals surface area contributed by atoms with Gasteiger partial charge in [0.05, 0.1) is 42.6 Å². The first-order valence-corrected chi connectivity index (χ1v) is 8.98. The summed E-state index contributed by atoms with van der Waals surface area (Å²) in [6.45, 7) is 0.792. The highest BCUT2D eigenvalue weighted by atomic mass is 19.1. The molecule has 2 atom stereocenters.